The molecule has 3 aromatic rings. The number of hydrogen-bond donors (Lipinski definition) is 2. The third-order valence-corrected chi connectivity index (χ3v) is 5.63. The highest BCUT2D eigenvalue weighted by Gasteiger charge is 2.16. The number of furan rings is 1. The number of carbonyl (C=O) groups is 2. The SMILES string of the molecule is C=CCn1c(CNC(=O)c2ccco2)nnc1SCC(=O)Nc1nnc(CCC)s1. The first-order valence-corrected chi connectivity index (χ1v) is 11.0. The van der Waals surface area contributed by atoms with Gasteiger partial charge in [0.25, 0.3) is 5.91 Å². The number of hydrogen-bond acceptors (Lipinski definition) is 9. The largest absolute Gasteiger partial charge is 0.459 e. The summed E-state index contributed by atoms with van der Waals surface area (Å²) in [4.78, 5) is 24.3. The molecular weight excluding hydrogens is 426 g/mol. The molecular formula is C18H21N7O3S2. The Bertz CT molecular complexity index is 998. The molecule has 0 aliphatic rings. The average Bonchev–Trinajstić information content (AvgIpc) is 3.47. The Morgan fingerprint density at radius 3 is 2.93 bits per heavy atom. The Morgan fingerprint density at radius 2 is 2.20 bits per heavy atom. The normalized spacial score (nSPS) is 10.7. The lowest BCUT2D eigenvalue weighted by Crippen LogP contribution is -2.24. The highest BCUT2D eigenvalue weighted by molar-refractivity contribution is 7.99. The summed E-state index contributed by atoms with van der Waals surface area (Å²) in [6.45, 7) is 6.41. The molecule has 0 saturated heterocycles. The second-order valence-electron chi connectivity index (χ2n) is 6.05. The van der Waals surface area contributed by atoms with Gasteiger partial charge in [0.05, 0.1) is 18.6 Å². The molecule has 0 aromatic carbocycles. The van der Waals surface area contributed by atoms with Crippen LogP contribution < -0.4 is 10.6 Å². The molecule has 0 aliphatic heterocycles. The van der Waals surface area contributed by atoms with Crippen molar-refractivity contribution in [2.45, 2.75) is 38.0 Å². The molecule has 158 valence electrons. The summed E-state index contributed by atoms with van der Waals surface area (Å²) in [5.41, 5.74) is 0. The number of nitrogens with zero attached hydrogens (tertiary/aromatic N) is 5. The second kappa shape index (κ2) is 10.7. The minimum atomic E-state index is -0.346. The van der Waals surface area contributed by atoms with Gasteiger partial charge in [0.1, 0.15) is 5.01 Å². The van der Waals surface area contributed by atoms with Crippen LogP contribution in [0.3, 0.4) is 0 Å². The van der Waals surface area contributed by atoms with Crippen molar-refractivity contribution >= 4 is 40.0 Å². The van der Waals surface area contributed by atoms with Crippen molar-refractivity contribution < 1.29 is 14.0 Å². The van der Waals surface area contributed by atoms with Gasteiger partial charge in [-0.2, -0.15) is 0 Å². The van der Waals surface area contributed by atoms with E-state index in [1.807, 2.05) is 0 Å². The topological polar surface area (TPSA) is 128 Å². The predicted molar refractivity (Wildman–Crippen MR) is 113 cm³/mol. The van der Waals surface area contributed by atoms with Crippen molar-refractivity contribution in [3.05, 3.63) is 47.6 Å². The van der Waals surface area contributed by atoms with Crippen molar-refractivity contribution in [2.75, 3.05) is 11.1 Å². The lowest BCUT2D eigenvalue weighted by atomic mass is 10.4. The standard InChI is InChI=1S/C18H21N7O3S2/c1-3-6-15-22-23-17(30-15)20-14(26)11-29-18-24-21-13(25(18)8-4-2)10-19-16(27)12-7-5-9-28-12/h4-5,7,9H,2-3,6,8,10-11H2,1H3,(H,19,27)(H,20,23,26). The molecule has 0 atom stereocenters. The summed E-state index contributed by atoms with van der Waals surface area (Å²) < 4.78 is 6.86. The summed E-state index contributed by atoms with van der Waals surface area (Å²) in [5, 5.41) is 23.7. The first-order valence-electron chi connectivity index (χ1n) is 9.20. The maximum Gasteiger partial charge on any atom is 0.287 e. The Morgan fingerprint density at radius 1 is 1.33 bits per heavy atom. The first-order chi connectivity index (χ1) is 14.6. The van der Waals surface area contributed by atoms with E-state index in [1.165, 1.54) is 29.4 Å². The van der Waals surface area contributed by atoms with Crippen molar-refractivity contribution in [3.8, 4) is 0 Å². The van der Waals surface area contributed by atoms with Crippen molar-refractivity contribution in [1.29, 1.82) is 0 Å². The monoisotopic (exact) mass is 447 g/mol. The Hall–Kier alpha value is -2.99. The van der Waals surface area contributed by atoms with E-state index in [4.69, 9.17) is 4.42 Å². The van der Waals surface area contributed by atoms with Gasteiger partial charge in [-0.1, -0.05) is 36.1 Å². The maximum atomic E-state index is 12.2. The van der Waals surface area contributed by atoms with Gasteiger partial charge in [-0.05, 0) is 18.6 Å². The summed E-state index contributed by atoms with van der Waals surface area (Å²) in [7, 11) is 0. The first kappa shape index (κ1) is 21.7. The van der Waals surface area contributed by atoms with Gasteiger partial charge in [-0.3, -0.25) is 14.9 Å². The van der Waals surface area contributed by atoms with E-state index in [2.05, 4.69) is 44.5 Å². The molecule has 0 radical (unpaired) electrons. The highest BCUT2D eigenvalue weighted by Crippen LogP contribution is 2.20. The number of aromatic nitrogens is 5. The van der Waals surface area contributed by atoms with Gasteiger partial charge >= 0.3 is 0 Å². The minimum Gasteiger partial charge on any atom is -0.459 e. The molecule has 0 bridgehead atoms. The van der Waals surface area contributed by atoms with E-state index >= 15 is 0 Å². The van der Waals surface area contributed by atoms with Crippen LogP contribution >= 0.6 is 23.1 Å². The molecule has 2 N–H and O–H groups in total. The van der Waals surface area contributed by atoms with Crippen molar-refractivity contribution in [2.24, 2.45) is 0 Å². The van der Waals surface area contributed by atoms with Gasteiger partial charge in [0.2, 0.25) is 11.0 Å². The lowest BCUT2D eigenvalue weighted by Gasteiger charge is -2.08. The summed E-state index contributed by atoms with van der Waals surface area (Å²) in [6.07, 6.45) is 4.94. The Labute approximate surface area is 181 Å². The number of carbonyl (C=O) groups excluding carboxylic acids is 2. The molecule has 0 saturated carbocycles. The van der Waals surface area contributed by atoms with E-state index in [0.717, 1.165) is 17.8 Å². The zero-order valence-corrected chi connectivity index (χ0v) is 18.0. The van der Waals surface area contributed by atoms with Gasteiger partial charge in [-0.15, -0.1) is 27.0 Å². The predicted octanol–water partition coefficient (Wildman–Crippen LogP) is 2.52. The summed E-state index contributed by atoms with van der Waals surface area (Å²) in [5.74, 6) is 0.346. The molecule has 3 rings (SSSR count). The molecule has 3 heterocycles. The van der Waals surface area contributed by atoms with Crippen LogP contribution in [0.25, 0.3) is 0 Å². The lowest BCUT2D eigenvalue weighted by molar-refractivity contribution is -0.113. The number of aryl methyl sites for hydroxylation is 1. The van der Waals surface area contributed by atoms with Crippen LogP contribution in [0.15, 0.2) is 40.6 Å². The fourth-order valence-corrected chi connectivity index (χ4v) is 4.05. The Balaban J connectivity index is 1.56. The van der Waals surface area contributed by atoms with Crippen LogP contribution in [0.4, 0.5) is 5.13 Å². The Kier molecular flexibility index (Phi) is 7.74. The molecule has 12 heteroatoms. The molecule has 10 nitrogen and oxygen atoms in total. The fraction of sp³-hybridized carbons (Fsp3) is 0.333. The van der Waals surface area contributed by atoms with Gasteiger partial charge in [-0.25, -0.2) is 0 Å². The maximum absolute atomic E-state index is 12.2. The quantitative estimate of drug-likeness (QED) is 0.339. The molecule has 30 heavy (non-hydrogen) atoms. The zero-order chi connectivity index (χ0) is 21.3. The summed E-state index contributed by atoms with van der Waals surface area (Å²) in [6, 6.07) is 3.22. The number of anilines is 1. The molecule has 3 aromatic heterocycles. The van der Waals surface area contributed by atoms with E-state index < -0.39 is 0 Å². The number of thioether (sulfide) groups is 1. The van der Waals surface area contributed by atoms with Gasteiger partial charge < -0.3 is 14.3 Å². The number of nitrogens with one attached hydrogen (secondary N) is 2. The average molecular weight is 448 g/mol. The van der Waals surface area contributed by atoms with E-state index in [0.29, 0.717) is 22.7 Å². The molecule has 0 spiro atoms. The van der Waals surface area contributed by atoms with Crippen LogP contribution in [0.2, 0.25) is 0 Å². The van der Waals surface area contributed by atoms with Crippen LogP contribution in [-0.2, 0) is 24.3 Å². The smallest absolute Gasteiger partial charge is 0.287 e. The van der Waals surface area contributed by atoms with Crippen molar-refractivity contribution in [1.82, 2.24) is 30.3 Å². The minimum absolute atomic E-state index is 0.136. The van der Waals surface area contributed by atoms with Crippen LogP contribution in [0.5, 0.6) is 0 Å². The molecule has 0 aliphatic carbocycles. The fourth-order valence-electron chi connectivity index (χ4n) is 2.43. The molecule has 0 fully saturated rings. The van der Waals surface area contributed by atoms with Gasteiger partial charge in [0, 0.05) is 13.0 Å². The third kappa shape index (κ3) is 5.76. The van der Waals surface area contributed by atoms with E-state index in [-0.39, 0.29) is 29.9 Å². The highest BCUT2D eigenvalue weighted by atomic mass is 32.2. The van der Waals surface area contributed by atoms with Crippen LogP contribution in [0.1, 0.15) is 34.7 Å². The van der Waals surface area contributed by atoms with Crippen LogP contribution in [0, 0.1) is 0 Å². The molecule has 2 amide bonds. The second-order valence-corrected chi connectivity index (χ2v) is 8.05. The van der Waals surface area contributed by atoms with E-state index in [1.54, 1.807) is 22.8 Å². The third-order valence-electron chi connectivity index (χ3n) is 3.77. The van der Waals surface area contributed by atoms with Crippen molar-refractivity contribution in [3.63, 3.8) is 0 Å². The number of amides is 2. The summed E-state index contributed by atoms with van der Waals surface area (Å²) >= 11 is 2.61. The molecule has 0 unspecified atom stereocenters. The van der Waals surface area contributed by atoms with Gasteiger partial charge in [0.15, 0.2) is 16.7 Å². The number of rotatable bonds is 11. The number of allylic oxidation sites excluding steroid dienone is 1. The zero-order valence-electron chi connectivity index (χ0n) is 16.3. The van der Waals surface area contributed by atoms with Crippen LogP contribution in [-0.4, -0.2) is 42.5 Å². The van der Waals surface area contributed by atoms with E-state index in [9.17, 15) is 9.59 Å².